The molecule has 0 aliphatic heterocycles. The Morgan fingerprint density at radius 2 is 1.50 bits per heavy atom. The molecule has 0 spiro atoms. The highest BCUT2D eigenvalue weighted by Gasteiger charge is 2.31. The molecule has 1 atom stereocenters. The van der Waals surface area contributed by atoms with E-state index in [1.165, 1.54) is 44.8 Å². The predicted octanol–water partition coefficient (Wildman–Crippen LogP) is 3.72. The van der Waals surface area contributed by atoms with E-state index >= 15 is 0 Å². The summed E-state index contributed by atoms with van der Waals surface area (Å²) in [6.45, 7) is 3.66. The summed E-state index contributed by atoms with van der Waals surface area (Å²) in [5, 5.41) is -1.18. The van der Waals surface area contributed by atoms with Crippen molar-refractivity contribution in [1.29, 1.82) is 0 Å². The zero-order valence-corrected chi connectivity index (χ0v) is 21.1. The lowest BCUT2D eigenvalue weighted by atomic mass is 10.0. The van der Waals surface area contributed by atoms with E-state index in [4.69, 9.17) is 9.47 Å². The third-order valence-electron chi connectivity index (χ3n) is 5.43. The highest BCUT2D eigenvalue weighted by molar-refractivity contribution is 7.92. The highest BCUT2D eigenvalue weighted by atomic mass is 32.2. The van der Waals surface area contributed by atoms with Crippen molar-refractivity contribution >= 4 is 19.9 Å². The molecule has 10 heteroatoms. The van der Waals surface area contributed by atoms with Gasteiger partial charge in [0.05, 0.1) is 24.0 Å². The normalized spacial score (nSPS) is 13.0. The van der Waals surface area contributed by atoms with E-state index in [0.717, 1.165) is 5.56 Å². The van der Waals surface area contributed by atoms with E-state index in [1.54, 1.807) is 36.4 Å². The number of rotatable bonds is 10. The smallest absolute Gasteiger partial charge is 0.240 e. The number of hydrogen-bond acceptors (Lipinski definition) is 7. The maximum absolute atomic E-state index is 13.6. The number of pyridine rings is 1. The molecule has 1 heterocycles. The number of nitrogens with one attached hydrogen (secondary N) is 1. The van der Waals surface area contributed by atoms with E-state index in [0.29, 0.717) is 11.3 Å². The van der Waals surface area contributed by atoms with E-state index in [-0.39, 0.29) is 28.0 Å². The Bertz CT molecular complexity index is 1320. The van der Waals surface area contributed by atoms with Gasteiger partial charge in [-0.1, -0.05) is 32.0 Å². The van der Waals surface area contributed by atoms with Crippen molar-refractivity contribution in [3.63, 3.8) is 0 Å². The summed E-state index contributed by atoms with van der Waals surface area (Å²) >= 11 is 0. The summed E-state index contributed by atoms with van der Waals surface area (Å²) in [7, 11) is -5.14. The van der Waals surface area contributed by atoms with Gasteiger partial charge < -0.3 is 9.47 Å². The van der Waals surface area contributed by atoms with Crippen LogP contribution in [0.15, 0.2) is 76.8 Å². The fourth-order valence-corrected chi connectivity index (χ4v) is 6.24. The molecule has 0 saturated heterocycles. The number of sulfonamides is 1. The van der Waals surface area contributed by atoms with E-state index in [1.807, 2.05) is 13.8 Å². The minimum absolute atomic E-state index is 0.0752. The number of nitrogens with zero attached hydrogens (tertiary/aromatic N) is 1. The molecule has 34 heavy (non-hydrogen) atoms. The van der Waals surface area contributed by atoms with Crippen molar-refractivity contribution < 1.29 is 26.3 Å². The van der Waals surface area contributed by atoms with Crippen molar-refractivity contribution in [1.82, 2.24) is 9.71 Å². The number of hydrogen-bond donors (Lipinski definition) is 1. The Balaban J connectivity index is 1.95. The quantitative estimate of drug-likeness (QED) is 0.448. The van der Waals surface area contributed by atoms with Crippen LogP contribution in [0.3, 0.4) is 0 Å². The van der Waals surface area contributed by atoms with Gasteiger partial charge in [0.25, 0.3) is 0 Å². The van der Waals surface area contributed by atoms with Gasteiger partial charge in [-0.05, 0) is 47.4 Å². The Morgan fingerprint density at radius 3 is 2.06 bits per heavy atom. The third-order valence-corrected chi connectivity index (χ3v) is 8.97. The number of benzene rings is 2. The SMILES string of the molecule is COc1ccc(S(=O)(=O)NCC(c2cccnc2)S(=O)(=O)c2ccc(C(C)C)cc2)cc1OC. The van der Waals surface area contributed by atoms with Crippen LogP contribution in [0.4, 0.5) is 0 Å². The third kappa shape index (κ3) is 5.57. The molecule has 1 N–H and O–H groups in total. The average Bonchev–Trinajstić information content (AvgIpc) is 2.84. The number of methoxy groups -OCH3 is 2. The monoisotopic (exact) mass is 504 g/mol. The van der Waals surface area contributed by atoms with Crippen LogP contribution in [-0.2, 0) is 19.9 Å². The van der Waals surface area contributed by atoms with Crippen molar-refractivity contribution in [3.05, 3.63) is 78.1 Å². The first-order chi connectivity index (χ1) is 16.1. The second-order valence-corrected chi connectivity index (χ2v) is 11.8. The second-order valence-electron chi connectivity index (χ2n) is 7.91. The average molecular weight is 505 g/mol. The summed E-state index contributed by atoms with van der Waals surface area (Å²) in [6.07, 6.45) is 2.95. The van der Waals surface area contributed by atoms with Gasteiger partial charge in [-0.2, -0.15) is 0 Å². The van der Waals surface area contributed by atoms with Gasteiger partial charge in [0.15, 0.2) is 21.3 Å². The van der Waals surface area contributed by atoms with Gasteiger partial charge in [0.2, 0.25) is 10.0 Å². The lowest BCUT2D eigenvalue weighted by Gasteiger charge is -2.19. The molecule has 1 aromatic heterocycles. The lowest BCUT2D eigenvalue weighted by molar-refractivity contribution is 0.354. The topological polar surface area (TPSA) is 112 Å². The van der Waals surface area contributed by atoms with Crippen LogP contribution < -0.4 is 14.2 Å². The first-order valence-electron chi connectivity index (χ1n) is 10.6. The Morgan fingerprint density at radius 1 is 0.853 bits per heavy atom. The van der Waals surface area contributed by atoms with Gasteiger partial charge in [0, 0.05) is 25.0 Å². The summed E-state index contributed by atoms with van der Waals surface area (Å²) in [6, 6.07) is 14.0. The minimum atomic E-state index is -4.05. The highest BCUT2D eigenvalue weighted by Crippen LogP contribution is 2.31. The van der Waals surface area contributed by atoms with Gasteiger partial charge in [0.1, 0.15) is 5.25 Å². The molecule has 0 aliphatic carbocycles. The van der Waals surface area contributed by atoms with Gasteiger partial charge in [-0.25, -0.2) is 21.6 Å². The predicted molar refractivity (Wildman–Crippen MR) is 129 cm³/mol. The summed E-state index contributed by atoms with van der Waals surface area (Å²) in [5.41, 5.74) is 1.39. The fourth-order valence-electron chi connectivity index (χ4n) is 3.43. The van der Waals surface area contributed by atoms with Gasteiger partial charge >= 0.3 is 0 Å². The lowest BCUT2D eigenvalue weighted by Crippen LogP contribution is -2.32. The van der Waals surface area contributed by atoms with Crippen LogP contribution in [0.1, 0.15) is 36.1 Å². The van der Waals surface area contributed by atoms with Crippen LogP contribution in [0.25, 0.3) is 0 Å². The summed E-state index contributed by atoms with van der Waals surface area (Å²) < 4.78 is 65.9. The first kappa shape index (κ1) is 25.7. The maximum atomic E-state index is 13.6. The standard InChI is InChI=1S/C24H28N2O6S2/c1-17(2)18-7-9-20(10-8-18)33(27,28)24(19-6-5-13-25-15-19)16-26-34(29,30)21-11-12-22(31-3)23(14-21)32-4/h5-15,17,24,26H,16H2,1-4H3. The van der Waals surface area contributed by atoms with E-state index < -0.39 is 25.1 Å². The molecular formula is C24H28N2O6S2. The fraction of sp³-hybridized carbons (Fsp3) is 0.292. The molecule has 0 saturated carbocycles. The van der Waals surface area contributed by atoms with E-state index in [2.05, 4.69) is 9.71 Å². The molecule has 182 valence electrons. The van der Waals surface area contributed by atoms with Crippen LogP contribution in [0.2, 0.25) is 0 Å². The van der Waals surface area contributed by atoms with Crippen LogP contribution >= 0.6 is 0 Å². The summed E-state index contributed by atoms with van der Waals surface area (Å²) in [4.78, 5) is 4.05. The number of ether oxygens (including phenoxy) is 2. The largest absolute Gasteiger partial charge is 0.493 e. The molecule has 0 amide bonds. The maximum Gasteiger partial charge on any atom is 0.240 e. The van der Waals surface area contributed by atoms with Crippen molar-refractivity contribution in [2.45, 2.75) is 34.8 Å². The van der Waals surface area contributed by atoms with Gasteiger partial charge in [-0.15, -0.1) is 0 Å². The molecule has 3 rings (SSSR count). The minimum Gasteiger partial charge on any atom is -0.493 e. The molecular weight excluding hydrogens is 476 g/mol. The van der Waals surface area contributed by atoms with Crippen molar-refractivity contribution in [2.75, 3.05) is 20.8 Å². The Hall–Kier alpha value is -2.95. The molecule has 1 unspecified atom stereocenters. The van der Waals surface area contributed by atoms with Gasteiger partial charge in [-0.3, -0.25) is 4.98 Å². The Kier molecular flexibility index (Phi) is 7.96. The Labute approximate surface area is 200 Å². The summed E-state index contributed by atoms with van der Waals surface area (Å²) in [5.74, 6) is 0.869. The van der Waals surface area contributed by atoms with Crippen molar-refractivity contribution in [2.24, 2.45) is 0 Å². The molecule has 3 aromatic rings. The molecule has 0 bridgehead atoms. The molecule has 0 radical (unpaired) electrons. The molecule has 2 aromatic carbocycles. The first-order valence-corrected chi connectivity index (χ1v) is 13.6. The zero-order valence-electron chi connectivity index (χ0n) is 19.4. The molecule has 8 nitrogen and oxygen atoms in total. The second kappa shape index (κ2) is 10.5. The zero-order chi connectivity index (χ0) is 24.9. The number of aromatic nitrogens is 1. The van der Waals surface area contributed by atoms with Crippen LogP contribution in [0.5, 0.6) is 11.5 Å². The number of sulfone groups is 1. The van der Waals surface area contributed by atoms with Crippen LogP contribution in [-0.4, -0.2) is 42.6 Å². The van der Waals surface area contributed by atoms with Crippen LogP contribution in [0, 0.1) is 0 Å². The van der Waals surface area contributed by atoms with E-state index in [9.17, 15) is 16.8 Å². The molecule has 0 fully saturated rings. The van der Waals surface area contributed by atoms with Crippen molar-refractivity contribution in [3.8, 4) is 11.5 Å². The molecule has 0 aliphatic rings.